The molecule has 0 spiro atoms. The minimum atomic E-state index is 0.247. The van der Waals surface area contributed by atoms with Gasteiger partial charge < -0.3 is 19.6 Å². The Balaban J connectivity index is 1.46. The minimum absolute atomic E-state index is 0.247. The summed E-state index contributed by atoms with van der Waals surface area (Å²) in [6.45, 7) is 4.74. The molecule has 5 nitrogen and oxygen atoms in total. The van der Waals surface area contributed by atoms with Crippen molar-refractivity contribution in [3.8, 4) is 28.5 Å². The SMILES string of the molecule is Cc1c(-c2ccc(O)cc2)n(Cc2ccc(ON3CCCCCC3)cc2)c2ccc(O)cc12. The normalized spacial score (nSPS) is 14.9. The predicted octanol–water partition coefficient (Wildman–Crippen LogP) is 6.25. The van der Waals surface area contributed by atoms with Crippen LogP contribution in [0.25, 0.3) is 22.2 Å². The molecule has 0 unspecified atom stereocenters. The number of aryl methyl sites for hydroxylation is 1. The molecule has 1 fully saturated rings. The van der Waals surface area contributed by atoms with Crippen molar-refractivity contribution in [2.45, 2.75) is 39.2 Å². The quantitative estimate of drug-likeness (QED) is 0.384. The van der Waals surface area contributed by atoms with E-state index in [4.69, 9.17) is 4.84 Å². The second kappa shape index (κ2) is 9.20. The first kappa shape index (κ1) is 21.4. The topological polar surface area (TPSA) is 57.9 Å². The van der Waals surface area contributed by atoms with E-state index in [1.165, 1.54) is 31.2 Å². The Bertz CT molecular complexity index is 1240. The molecular weight excluding hydrogens is 412 g/mol. The maximum atomic E-state index is 10.1. The van der Waals surface area contributed by atoms with Gasteiger partial charge >= 0.3 is 0 Å². The van der Waals surface area contributed by atoms with E-state index >= 15 is 0 Å². The lowest BCUT2D eigenvalue weighted by molar-refractivity contribution is -0.0550. The third-order valence-corrected chi connectivity index (χ3v) is 6.50. The van der Waals surface area contributed by atoms with Crippen LogP contribution in [-0.4, -0.2) is 32.9 Å². The summed E-state index contributed by atoms with van der Waals surface area (Å²) in [7, 11) is 0. The van der Waals surface area contributed by atoms with E-state index in [-0.39, 0.29) is 11.5 Å². The highest BCUT2D eigenvalue weighted by molar-refractivity contribution is 5.92. The number of phenols is 2. The van der Waals surface area contributed by atoms with Gasteiger partial charge in [-0.3, -0.25) is 0 Å². The Hall–Kier alpha value is -3.44. The first-order chi connectivity index (χ1) is 16.1. The third-order valence-electron chi connectivity index (χ3n) is 6.50. The summed E-state index contributed by atoms with van der Waals surface area (Å²) >= 11 is 0. The number of rotatable bonds is 5. The van der Waals surface area contributed by atoms with Crippen molar-refractivity contribution in [2.24, 2.45) is 0 Å². The highest BCUT2D eigenvalue weighted by Gasteiger charge is 2.17. The fourth-order valence-corrected chi connectivity index (χ4v) is 4.79. The molecule has 0 saturated carbocycles. The second-order valence-corrected chi connectivity index (χ2v) is 8.89. The highest BCUT2D eigenvalue weighted by Crippen LogP contribution is 2.36. The van der Waals surface area contributed by atoms with Crippen molar-refractivity contribution in [3.05, 3.63) is 77.9 Å². The first-order valence-corrected chi connectivity index (χ1v) is 11.7. The van der Waals surface area contributed by atoms with Crippen LogP contribution in [0.5, 0.6) is 17.2 Å². The zero-order valence-corrected chi connectivity index (χ0v) is 19.0. The van der Waals surface area contributed by atoms with E-state index in [1.807, 2.05) is 36.4 Å². The van der Waals surface area contributed by atoms with Crippen molar-refractivity contribution < 1.29 is 15.1 Å². The molecule has 1 aliphatic rings. The van der Waals surface area contributed by atoms with Crippen molar-refractivity contribution in [1.29, 1.82) is 0 Å². The minimum Gasteiger partial charge on any atom is -0.508 e. The predicted molar refractivity (Wildman–Crippen MR) is 132 cm³/mol. The van der Waals surface area contributed by atoms with Gasteiger partial charge in [0.25, 0.3) is 0 Å². The van der Waals surface area contributed by atoms with Crippen LogP contribution in [0.2, 0.25) is 0 Å². The lowest BCUT2D eigenvalue weighted by Gasteiger charge is -2.20. The number of hydroxylamine groups is 2. The highest BCUT2D eigenvalue weighted by atomic mass is 16.7. The van der Waals surface area contributed by atoms with Gasteiger partial charge in [0, 0.05) is 30.5 Å². The van der Waals surface area contributed by atoms with Crippen LogP contribution in [0, 0.1) is 6.92 Å². The van der Waals surface area contributed by atoms with Gasteiger partial charge in [-0.05, 0) is 91.1 Å². The summed E-state index contributed by atoms with van der Waals surface area (Å²) in [5, 5.41) is 22.9. The Labute approximate surface area is 194 Å². The summed E-state index contributed by atoms with van der Waals surface area (Å²) < 4.78 is 2.28. The Morgan fingerprint density at radius 2 is 1.45 bits per heavy atom. The number of nitrogens with zero attached hydrogens (tertiary/aromatic N) is 2. The van der Waals surface area contributed by atoms with Crippen LogP contribution >= 0.6 is 0 Å². The van der Waals surface area contributed by atoms with Gasteiger partial charge in [0.05, 0.1) is 5.69 Å². The van der Waals surface area contributed by atoms with Crippen LogP contribution in [0.3, 0.4) is 0 Å². The van der Waals surface area contributed by atoms with E-state index in [0.29, 0.717) is 6.54 Å². The van der Waals surface area contributed by atoms with E-state index in [9.17, 15) is 10.2 Å². The Kier molecular flexibility index (Phi) is 5.97. The third kappa shape index (κ3) is 4.55. The van der Waals surface area contributed by atoms with Gasteiger partial charge in [-0.1, -0.05) is 25.0 Å². The molecule has 5 heteroatoms. The molecule has 170 valence electrons. The standard InChI is InChI=1S/C28H30N2O3/c1-20-26-18-24(32)12-15-27(26)30(28(20)22-8-10-23(31)11-9-22)19-21-6-13-25(14-7-21)33-29-16-4-2-3-5-17-29/h6-15,18,31-32H,2-5,16-17,19H2,1H3. The molecule has 1 aromatic heterocycles. The Morgan fingerprint density at radius 3 is 2.15 bits per heavy atom. The summed E-state index contributed by atoms with van der Waals surface area (Å²) in [4.78, 5) is 6.11. The fraction of sp³-hybridized carbons (Fsp3) is 0.286. The zero-order chi connectivity index (χ0) is 22.8. The van der Waals surface area contributed by atoms with Gasteiger partial charge in [-0.15, -0.1) is 5.06 Å². The number of aromatic hydroxyl groups is 2. The number of aromatic nitrogens is 1. The molecule has 0 bridgehead atoms. The number of hydrogen-bond acceptors (Lipinski definition) is 4. The van der Waals surface area contributed by atoms with E-state index in [0.717, 1.165) is 46.6 Å². The molecule has 0 radical (unpaired) electrons. The van der Waals surface area contributed by atoms with Crippen molar-refractivity contribution in [2.75, 3.05) is 13.1 Å². The average Bonchev–Trinajstić information content (AvgIpc) is 2.97. The maximum Gasteiger partial charge on any atom is 0.147 e. The van der Waals surface area contributed by atoms with Gasteiger partial charge in [-0.2, -0.15) is 0 Å². The molecule has 2 N–H and O–H groups in total. The molecule has 0 atom stereocenters. The summed E-state index contributed by atoms with van der Waals surface area (Å²) in [5.74, 6) is 1.38. The molecule has 1 aliphatic heterocycles. The van der Waals surface area contributed by atoms with Crippen molar-refractivity contribution >= 4 is 10.9 Å². The molecular formula is C28H30N2O3. The van der Waals surface area contributed by atoms with Crippen molar-refractivity contribution in [1.82, 2.24) is 9.63 Å². The van der Waals surface area contributed by atoms with E-state index < -0.39 is 0 Å². The lowest BCUT2D eigenvalue weighted by Crippen LogP contribution is -2.28. The smallest absolute Gasteiger partial charge is 0.147 e. The number of benzene rings is 3. The zero-order valence-electron chi connectivity index (χ0n) is 19.0. The van der Waals surface area contributed by atoms with Crippen LogP contribution in [0.15, 0.2) is 66.7 Å². The Morgan fingerprint density at radius 1 is 0.788 bits per heavy atom. The molecule has 0 aliphatic carbocycles. The van der Waals surface area contributed by atoms with Gasteiger partial charge in [0.15, 0.2) is 0 Å². The van der Waals surface area contributed by atoms with E-state index in [1.54, 1.807) is 18.2 Å². The second-order valence-electron chi connectivity index (χ2n) is 8.89. The summed E-state index contributed by atoms with van der Waals surface area (Å²) in [6, 6.07) is 21.2. The maximum absolute atomic E-state index is 10.1. The number of hydrogen-bond donors (Lipinski definition) is 2. The monoisotopic (exact) mass is 442 g/mol. The van der Waals surface area contributed by atoms with Crippen LogP contribution < -0.4 is 4.84 Å². The largest absolute Gasteiger partial charge is 0.508 e. The van der Waals surface area contributed by atoms with Gasteiger partial charge in [0.2, 0.25) is 0 Å². The number of fused-ring (bicyclic) bond motifs is 1. The van der Waals surface area contributed by atoms with Crippen LogP contribution in [-0.2, 0) is 6.54 Å². The fourth-order valence-electron chi connectivity index (χ4n) is 4.79. The van der Waals surface area contributed by atoms with Crippen LogP contribution in [0.1, 0.15) is 36.8 Å². The molecule has 3 aromatic carbocycles. The van der Waals surface area contributed by atoms with Crippen molar-refractivity contribution in [3.63, 3.8) is 0 Å². The summed E-state index contributed by atoms with van der Waals surface area (Å²) in [5.41, 5.74) is 5.46. The van der Waals surface area contributed by atoms with Gasteiger partial charge in [-0.25, -0.2) is 0 Å². The molecule has 2 heterocycles. The van der Waals surface area contributed by atoms with Gasteiger partial charge in [0.1, 0.15) is 17.2 Å². The molecule has 4 aromatic rings. The van der Waals surface area contributed by atoms with E-state index in [2.05, 4.69) is 28.7 Å². The van der Waals surface area contributed by atoms with Crippen LogP contribution in [0.4, 0.5) is 0 Å². The molecule has 33 heavy (non-hydrogen) atoms. The lowest BCUT2D eigenvalue weighted by atomic mass is 10.1. The molecule has 5 rings (SSSR count). The summed E-state index contributed by atoms with van der Waals surface area (Å²) in [6.07, 6.45) is 4.94. The molecule has 1 saturated heterocycles. The first-order valence-electron chi connectivity index (χ1n) is 11.7. The molecule has 0 amide bonds. The average molecular weight is 443 g/mol. The number of phenolic OH excluding ortho intramolecular Hbond substituents is 2.